The fourth-order valence-electron chi connectivity index (χ4n) is 2.23. The highest BCUT2D eigenvalue weighted by molar-refractivity contribution is 5.74. The van der Waals surface area contributed by atoms with Gasteiger partial charge in [0.2, 0.25) is 0 Å². The Balaban J connectivity index is 2.12. The molecule has 0 saturated heterocycles. The molecule has 0 aromatic rings. The van der Waals surface area contributed by atoms with Gasteiger partial charge in [-0.1, -0.05) is 19.8 Å². The molecule has 2 amide bonds. The number of carbonyl (C=O) groups is 2. The quantitative estimate of drug-likeness (QED) is 0.544. The molecule has 0 spiro atoms. The highest BCUT2D eigenvalue weighted by atomic mass is 16.4. The van der Waals surface area contributed by atoms with Crippen molar-refractivity contribution in [3.05, 3.63) is 0 Å². The molecule has 1 fully saturated rings. The van der Waals surface area contributed by atoms with Gasteiger partial charge in [0.15, 0.2) is 0 Å². The fourth-order valence-corrected chi connectivity index (χ4v) is 2.23. The van der Waals surface area contributed by atoms with Gasteiger partial charge in [-0.25, -0.2) is 4.79 Å². The van der Waals surface area contributed by atoms with Gasteiger partial charge >= 0.3 is 12.0 Å². The van der Waals surface area contributed by atoms with Crippen LogP contribution in [-0.2, 0) is 4.79 Å². The number of carbonyl (C=O) groups excluding carboxylic acids is 1. The summed E-state index contributed by atoms with van der Waals surface area (Å²) in [6, 6.07) is -0.444. The van der Waals surface area contributed by atoms with Crippen LogP contribution in [0.1, 0.15) is 45.4 Å². The smallest absolute Gasteiger partial charge is 0.315 e. The van der Waals surface area contributed by atoms with E-state index in [-0.39, 0.29) is 18.0 Å². The Kier molecular flexibility index (Phi) is 6.62. The molecule has 0 radical (unpaired) electrons. The number of urea groups is 1. The van der Waals surface area contributed by atoms with Gasteiger partial charge in [-0.2, -0.15) is 0 Å². The number of hydrogen-bond donors (Lipinski definition) is 4. The van der Waals surface area contributed by atoms with Gasteiger partial charge in [0.05, 0.1) is 18.1 Å². The van der Waals surface area contributed by atoms with Crippen LogP contribution in [-0.4, -0.2) is 40.9 Å². The first kappa shape index (κ1) is 15.8. The van der Waals surface area contributed by atoms with Crippen LogP contribution in [0.25, 0.3) is 0 Å². The summed E-state index contributed by atoms with van der Waals surface area (Å²) in [6.07, 6.45) is 4.31. The normalized spacial score (nSPS) is 24.5. The Bertz CT molecular complexity index is 309. The van der Waals surface area contributed by atoms with Crippen molar-refractivity contribution in [3.63, 3.8) is 0 Å². The molecule has 110 valence electrons. The maximum atomic E-state index is 11.6. The Morgan fingerprint density at radius 3 is 2.63 bits per heavy atom. The summed E-state index contributed by atoms with van der Waals surface area (Å²) in [5.74, 6) is -1.19. The molecule has 19 heavy (non-hydrogen) atoms. The van der Waals surface area contributed by atoms with E-state index in [2.05, 4.69) is 10.6 Å². The van der Waals surface area contributed by atoms with Crippen LogP contribution < -0.4 is 10.6 Å². The number of rotatable bonds is 6. The van der Waals surface area contributed by atoms with Crippen LogP contribution in [0.2, 0.25) is 0 Å². The van der Waals surface area contributed by atoms with Crippen molar-refractivity contribution >= 4 is 12.0 Å². The molecule has 0 aliphatic heterocycles. The molecule has 3 unspecified atom stereocenters. The second-order valence-corrected chi connectivity index (χ2v) is 5.24. The molecule has 0 aromatic carbocycles. The van der Waals surface area contributed by atoms with Crippen molar-refractivity contribution in [1.82, 2.24) is 10.6 Å². The molecule has 3 atom stereocenters. The molecule has 4 N–H and O–H groups in total. The Hall–Kier alpha value is -1.30. The Morgan fingerprint density at radius 2 is 2.00 bits per heavy atom. The average Bonchev–Trinajstić information content (AvgIpc) is 2.37. The lowest BCUT2D eigenvalue weighted by atomic mass is 9.93. The van der Waals surface area contributed by atoms with Crippen LogP contribution >= 0.6 is 0 Å². The minimum absolute atomic E-state index is 0.160. The minimum Gasteiger partial charge on any atom is -0.481 e. The third kappa shape index (κ3) is 5.92. The minimum atomic E-state index is -0.810. The Morgan fingerprint density at radius 1 is 1.32 bits per heavy atom. The molecule has 6 nitrogen and oxygen atoms in total. The average molecular weight is 272 g/mol. The highest BCUT2D eigenvalue weighted by Crippen LogP contribution is 2.18. The molecule has 1 aliphatic carbocycles. The van der Waals surface area contributed by atoms with Crippen LogP contribution in [0.3, 0.4) is 0 Å². The third-order valence-corrected chi connectivity index (χ3v) is 3.57. The monoisotopic (exact) mass is 272 g/mol. The lowest BCUT2D eigenvalue weighted by Gasteiger charge is -2.28. The van der Waals surface area contributed by atoms with Crippen LogP contribution in [0.5, 0.6) is 0 Å². The van der Waals surface area contributed by atoms with Crippen molar-refractivity contribution < 1.29 is 19.8 Å². The largest absolute Gasteiger partial charge is 0.481 e. The Labute approximate surface area is 113 Å². The first-order valence-corrected chi connectivity index (χ1v) is 6.96. The number of aliphatic hydroxyl groups is 1. The molecular weight excluding hydrogens is 248 g/mol. The van der Waals surface area contributed by atoms with E-state index < -0.39 is 12.1 Å². The topological polar surface area (TPSA) is 98.7 Å². The van der Waals surface area contributed by atoms with Crippen molar-refractivity contribution in [2.75, 3.05) is 6.54 Å². The van der Waals surface area contributed by atoms with Gasteiger partial charge in [0.25, 0.3) is 0 Å². The van der Waals surface area contributed by atoms with Crippen molar-refractivity contribution in [2.24, 2.45) is 5.92 Å². The van der Waals surface area contributed by atoms with Gasteiger partial charge in [-0.3, -0.25) is 4.79 Å². The predicted molar refractivity (Wildman–Crippen MR) is 70.8 cm³/mol. The predicted octanol–water partition coefficient (Wildman–Crippen LogP) is 1.09. The zero-order valence-electron chi connectivity index (χ0n) is 11.4. The number of nitrogens with one attached hydrogen (secondary N) is 2. The molecule has 0 bridgehead atoms. The second kappa shape index (κ2) is 7.99. The van der Waals surface area contributed by atoms with E-state index in [1.54, 1.807) is 6.92 Å². The number of hydrogen-bond acceptors (Lipinski definition) is 3. The van der Waals surface area contributed by atoms with E-state index in [4.69, 9.17) is 5.11 Å². The summed E-state index contributed by atoms with van der Waals surface area (Å²) < 4.78 is 0. The molecule has 0 heterocycles. The first-order valence-electron chi connectivity index (χ1n) is 6.96. The van der Waals surface area contributed by atoms with E-state index in [0.29, 0.717) is 19.4 Å². The fraction of sp³-hybridized carbons (Fsp3) is 0.846. The summed E-state index contributed by atoms with van der Waals surface area (Å²) >= 11 is 0. The van der Waals surface area contributed by atoms with Crippen molar-refractivity contribution in [3.8, 4) is 0 Å². The van der Waals surface area contributed by atoms with Crippen LogP contribution in [0, 0.1) is 5.92 Å². The SMILES string of the molecule is CC(CCCNC(=O)NC1CCCCC1O)C(=O)O. The molecular formula is C13H24N2O4. The lowest BCUT2D eigenvalue weighted by molar-refractivity contribution is -0.141. The number of carboxylic acid groups (broad SMARTS) is 1. The standard InChI is InChI=1S/C13H24N2O4/c1-9(12(17)18)5-4-8-14-13(19)15-10-6-2-3-7-11(10)16/h9-11,16H,2-8H2,1H3,(H,17,18)(H2,14,15,19). The van der Waals surface area contributed by atoms with Gasteiger partial charge in [0, 0.05) is 6.54 Å². The molecule has 1 aliphatic rings. The molecule has 1 rings (SSSR count). The molecule has 6 heteroatoms. The summed E-state index contributed by atoms with van der Waals surface area (Å²) in [6.45, 7) is 2.10. The lowest BCUT2D eigenvalue weighted by Crippen LogP contribution is -2.49. The summed E-state index contributed by atoms with van der Waals surface area (Å²) in [5.41, 5.74) is 0. The zero-order valence-corrected chi connectivity index (χ0v) is 11.4. The van der Waals surface area contributed by atoms with Crippen LogP contribution in [0.4, 0.5) is 4.79 Å². The van der Waals surface area contributed by atoms with Crippen molar-refractivity contribution in [1.29, 1.82) is 0 Å². The zero-order chi connectivity index (χ0) is 14.3. The van der Waals surface area contributed by atoms with Gasteiger partial charge < -0.3 is 20.8 Å². The van der Waals surface area contributed by atoms with E-state index in [1.165, 1.54) is 0 Å². The van der Waals surface area contributed by atoms with Gasteiger partial charge in [0.1, 0.15) is 0 Å². The number of aliphatic carboxylic acids is 1. The third-order valence-electron chi connectivity index (χ3n) is 3.57. The van der Waals surface area contributed by atoms with E-state index in [0.717, 1.165) is 25.7 Å². The molecule has 1 saturated carbocycles. The maximum absolute atomic E-state index is 11.6. The number of amides is 2. The maximum Gasteiger partial charge on any atom is 0.315 e. The summed E-state index contributed by atoms with van der Waals surface area (Å²) in [5, 5.41) is 23.9. The van der Waals surface area contributed by atoms with E-state index in [9.17, 15) is 14.7 Å². The molecule has 0 aromatic heterocycles. The van der Waals surface area contributed by atoms with Crippen molar-refractivity contribution in [2.45, 2.75) is 57.6 Å². The van der Waals surface area contributed by atoms with E-state index >= 15 is 0 Å². The first-order chi connectivity index (χ1) is 9.00. The van der Waals surface area contributed by atoms with Gasteiger partial charge in [-0.15, -0.1) is 0 Å². The van der Waals surface area contributed by atoms with E-state index in [1.807, 2.05) is 0 Å². The second-order valence-electron chi connectivity index (χ2n) is 5.24. The number of carboxylic acids is 1. The van der Waals surface area contributed by atoms with Gasteiger partial charge in [-0.05, 0) is 25.7 Å². The number of aliphatic hydroxyl groups excluding tert-OH is 1. The summed E-state index contributed by atoms with van der Waals surface area (Å²) in [4.78, 5) is 22.2. The summed E-state index contributed by atoms with van der Waals surface area (Å²) in [7, 11) is 0. The highest BCUT2D eigenvalue weighted by Gasteiger charge is 2.24. The van der Waals surface area contributed by atoms with Crippen LogP contribution in [0.15, 0.2) is 0 Å².